The van der Waals surface area contributed by atoms with Gasteiger partial charge in [0, 0.05) is 48.3 Å². The molecule has 3 aromatic rings. The second kappa shape index (κ2) is 7.89. The Morgan fingerprint density at radius 3 is 2.71 bits per heavy atom. The number of piperazine rings is 1. The fourth-order valence-electron chi connectivity index (χ4n) is 4.98. The zero-order chi connectivity index (χ0) is 24.4. The molecule has 0 spiro atoms. The molecule has 1 aromatic carbocycles. The lowest BCUT2D eigenvalue weighted by Gasteiger charge is -2.31. The van der Waals surface area contributed by atoms with Crippen molar-refractivity contribution in [3.8, 4) is 17.1 Å². The summed E-state index contributed by atoms with van der Waals surface area (Å²) < 4.78 is 12.3. The van der Waals surface area contributed by atoms with Crippen LogP contribution in [0.15, 0.2) is 29.1 Å². The first-order chi connectivity index (χ1) is 16.8. The van der Waals surface area contributed by atoms with E-state index < -0.39 is 12.1 Å². The normalized spacial score (nSPS) is 19.2. The Morgan fingerprint density at radius 2 is 1.94 bits per heavy atom. The Morgan fingerprint density at radius 1 is 1.17 bits per heavy atom. The van der Waals surface area contributed by atoms with Crippen molar-refractivity contribution in [3.63, 3.8) is 0 Å². The van der Waals surface area contributed by atoms with Gasteiger partial charge in [0.2, 0.25) is 0 Å². The van der Waals surface area contributed by atoms with Crippen LogP contribution in [0.4, 0.5) is 4.79 Å². The monoisotopic (exact) mass is 476 g/mol. The maximum atomic E-state index is 13.1. The van der Waals surface area contributed by atoms with Gasteiger partial charge in [-0.2, -0.15) is 0 Å². The second-order valence-corrected chi connectivity index (χ2v) is 9.27. The van der Waals surface area contributed by atoms with Gasteiger partial charge in [-0.25, -0.2) is 14.6 Å². The molecule has 3 aliphatic heterocycles. The van der Waals surface area contributed by atoms with Crippen molar-refractivity contribution in [2.75, 3.05) is 33.2 Å². The number of ether oxygens (including phenoxy) is 2. The summed E-state index contributed by atoms with van der Waals surface area (Å²) in [6.07, 6.45) is -1.85. The zero-order valence-corrected chi connectivity index (χ0v) is 19.4. The van der Waals surface area contributed by atoms with Gasteiger partial charge in [-0.1, -0.05) is 0 Å². The van der Waals surface area contributed by atoms with E-state index in [9.17, 15) is 19.5 Å². The number of aliphatic hydroxyl groups excluding tert-OH is 1. The summed E-state index contributed by atoms with van der Waals surface area (Å²) in [5.74, 6) is -0.286. The minimum absolute atomic E-state index is 0.156. The van der Waals surface area contributed by atoms with Gasteiger partial charge in [0.25, 0.3) is 5.56 Å². The van der Waals surface area contributed by atoms with Crippen LogP contribution in [0.1, 0.15) is 28.4 Å². The molecule has 5 heterocycles. The Labute approximate surface area is 200 Å². The number of likely N-dealkylation sites (N-methyl/N-ethyl adjacent to an activating group) is 1. The third-order valence-corrected chi connectivity index (χ3v) is 7.14. The van der Waals surface area contributed by atoms with Crippen LogP contribution >= 0.6 is 0 Å². The molecule has 0 saturated carbocycles. The minimum Gasteiger partial charge on any atom is -0.458 e. The quantitative estimate of drug-likeness (QED) is 0.412. The molecule has 180 valence electrons. The summed E-state index contributed by atoms with van der Waals surface area (Å²) >= 11 is 0. The summed E-state index contributed by atoms with van der Waals surface area (Å²) in [6, 6.07) is 7.15. The van der Waals surface area contributed by atoms with E-state index in [4.69, 9.17) is 14.5 Å². The molecule has 1 atom stereocenters. The molecule has 1 saturated heterocycles. The molecule has 35 heavy (non-hydrogen) atoms. The Balaban J connectivity index is 1.36. The molecule has 1 N–H and O–H groups in total. The van der Waals surface area contributed by atoms with Crippen molar-refractivity contribution in [2.24, 2.45) is 0 Å². The number of fused-ring (bicyclic) bond motifs is 5. The number of hydrogen-bond acceptors (Lipinski definition) is 8. The van der Waals surface area contributed by atoms with Gasteiger partial charge < -0.3 is 28.9 Å². The number of esters is 1. The molecular formula is C25H24N4O6. The molecule has 0 aliphatic carbocycles. The van der Waals surface area contributed by atoms with E-state index in [0.29, 0.717) is 42.3 Å². The van der Waals surface area contributed by atoms with Gasteiger partial charge in [-0.3, -0.25) is 4.79 Å². The van der Waals surface area contributed by atoms with Crippen molar-refractivity contribution >= 4 is 23.0 Å². The maximum absolute atomic E-state index is 13.1. The van der Waals surface area contributed by atoms with Crippen LogP contribution in [-0.2, 0) is 22.7 Å². The molecule has 1 unspecified atom stereocenters. The number of carbonyl (C=O) groups is 2. The fourth-order valence-corrected chi connectivity index (χ4v) is 4.98. The number of aryl methyl sites for hydroxylation is 1. The average Bonchev–Trinajstić information content (AvgIpc) is 3.21. The highest BCUT2D eigenvalue weighted by molar-refractivity contribution is 5.89. The summed E-state index contributed by atoms with van der Waals surface area (Å²) in [6.45, 7) is 4.91. The molecule has 6 rings (SSSR count). The van der Waals surface area contributed by atoms with E-state index in [2.05, 4.69) is 4.90 Å². The van der Waals surface area contributed by atoms with Crippen molar-refractivity contribution in [1.29, 1.82) is 0 Å². The molecule has 3 aliphatic rings. The first-order valence-corrected chi connectivity index (χ1v) is 11.5. The van der Waals surface area contributed by atoms with E-state index in [-0.39, 0.29) is 29.4 Å². The van der Waals surface area contributed by atoms with Crippen molar-refractivity contribution in [3.05, 3.63) is 56.9 Å². The molecule has 2 aromatic heterocycles. The van der Waals surface area contributed by atoms with Crippen LogP contribution in [0.5, 0.6) is 5.75 Å². The van der Waals surface area contributed by atoms with Gasteiger partial charge in [-0.15, -0.1) is 0 Å². The van der Waals surface area contributed by atoms with Crippen LogP contribution in [0.2, 0.25) is 0 Å². The molecule has 0 bridgehead atoms. The topological polar surface area (TPSA) is 114 Å². The standard InChI is InChI=1S/C25H24N4O6/c1-13-15-9-14-11-29-19(10-16-17(23(29)31)12-34-24(32)22(16)30)21(14)26-18(15)3-4-20(13)35-25(33)28-7-5-27(2)6-8-28/h3-4,9-10,22,30H,5-8,11-12H2,1-2H3. The van der Waals surface area contributed by atoms with Crippen LogP contribution < -0.4 is 10.3 Å². The number of aliphatic hydroxyl groups is 1. The number of cyclic esters (lactones) is 1. The van der Waals surface area contributed by atoms with Crippen LogP contribution in [0.3, 0.4) is 0 Å². The summed E-state index contributed by atoms with van der Waals surface area (Å²) in [7, 11) is 2.03. The highest BCUT2D eigenvalue weighted by atomic mass is 16.6. The predicted octanol–water partition coefficient (Wildman–Crippen LogP) is 1.57. The first kappa shape index (κ1) is 21.8. The van der Waals surface area contributed by atoms with Gasteiger partial charge in [-0.05, 0) is 38.2 Å². The molecular weight excluding hydrogens is 452 g/mol. The molecule has 10 nitrogen and oxygen atoms in total. The number of hydrogen-bond donors (Lipinski definition) is 1. The Hall–Kier alpha value is -3.76. The second-order valence-electron chi connectivity index (χ2n) is 9.27. The number of amides is 1. The lowest BCUT2D eigenvalue weighted by atomic mass is 10.00. The van der Waals surface area contributed by atoms with Crippen LogP contribution in [-0.4, -0.2) is 69.7 Å². The lowest BCUT2D eigenvalue weighted by Crippen LogP contribution is -2.48. The Bertz CT molecular complexity index is 1470. The molecule has 1 fully saturated rings. The van der Waals surface area contributed by atoms with Gasteiger partial charge in [0.15, 0.2) is 6.10 Å². The van der Waals surface area contributed by atoms with E-state index in [1.807, 2.05) is 20.0 Å². The SMILES string of the molecule is Cc1c(OC(=O)N2CCN(C)CC2)ccc2nc3c(cc12)Cn1c-3cc2c(c1=O)COC(=O)C2O. The fraction of sp³-hybridized carbons (Fsp3) is 0.360. The van der Waals surface area contributed by atoms with Gasteiger partial charge in [0.1, 0.15) is 12.4 Å². The Kier molecular flexibility index (Phi) is 4.90. The minimum atomic E-state index is -1.48. The van der Waals surface area contributed by atoms with Gasteiger partial charge in [0.05, 0.1) is 29.0 Å². The third kappa shape index (κ3) is 3.40. The summed E-state index contributed by atoms with van der Waals surface area (Å²) in [5, 5.41) is 11.1. The number of benzene rings is 1. The number of rotatable bonds is 1. The number of nitrogens with zero attached hydrogens (tertiary/aromatic N) is 4. The molecule has 10 heteroatoms. The average molecular weight is 476 g/mol. The van der Waals surface area contributed by atoms with Crippen molar-refractivity contribution in [2.45, 2.75) is 26.2 Å². The molecule has 1 amide bonds. The van der Waals surface area contributed by atoms with Crippen molar-refractivity contribution < 1.29 is 24.2 Å². The highest BCUT2D eigenvalue weighted by Gasteiger charge is 2.34. The molecule has 0 radical (unpaired) electrons. The first-order valence-electron chi connectivity index (χ1n) is 11.5. The maximum Gasteiger partial charge on any atom is 0.415 e. The van der Waals surface area contributed by atoms with E-state index in [1.54, 1.807) is 27.7 Å². The van der Waals surface area contributed by atoms with E-state index >= 15 is 0 Å². The predicted molar refractivity (Wildman–Crippen MR) is 125 cm³/mol. The number of pyridine rings is 2. The van der Waals surface area contributed by atoms with Crippen LogP contribution in [0, 0.1) is 6.92 Å². The zero-order valence-electron chi connectivity index (χ0n) is 19.4. The van der Waals surface area contributed by atoms with E-state index in [0.717, 1.165) is 29.6 Å². The smallest absolute Gasteiger partial charge is 0.415 e. The van der Waals surface area contributed by atoms with Crippen LogP contribution in [0.25, 0.3) is 22.3 Å². The largest absolute Gasteiger partial charge is 0.458 e. The third-order valence-electron chi connectivity index (χ3n) is 7.14. The van der Waals surface area contributed by atoms with E-state index in [1.165, 1.54) is 0 Å². The van der Waals surface area contributed by atoms with Gasteiger partial charge >= 0.3 is 12.1 Å². The summed E-state index contributed by atoms with van der Waals surface area (Å²) in [5.41, 5.74) is 3.76. The number of carbonyl (C=O) groups excluding carboxylic acids is 2. The van der Waals surface area contributed by atoms with Crippen molar-refractivity contribution in [1.82, 2.24) is 19.4 Å². The lowest BCUT2D eigenvalue weighted by molar-refractivity contribution is -0.157. The summed E-state index contributed by atoms with van der Waals surface area (Å²) in [4.78, 5) is 46.3. The highest BCUT2D eigenvalue weighted by Crippen LogP contribution is 2.37. The number of aromatic nitrogens is 2.